The number of methoxy groups -OCH3 is 1. The summed E-state index contributed by atoms with van der Waals surface area (Å²) >= 11 is 3.29. The van der Waals surface area contributed by atoms with Gasteiger partial charge in [-0.3, -0.25) is 0 Å². The van der Waals surface area contributed by atoms with Gasteiger partial charge in [-0.05, 0) is 203 Å². The number of hydrogen-bond donors (Lipinski definition) is 10. The van der Waals surface area contributed by atoms with Crippen LogP contribution in [-0.4, -0.2) is 106 Å². The lowest BCUT2D eigenvalue weighted by molar-refractivity contribution is -0.138. The largest absolute Gasteiger partial charge is 0.497 e. The number of ether oxygens (including phenoxy) is 3. The maximum Gasteiger partial charge on any atom is 0.488 e. The van der Waals surface area contributed by atoms with E-state index in [2.05, 4.69) is 73.0 Å². The first kappa shape index (κ1) is 95.3. The van der Waals surface area contributed by atoms with E-state index in [9.17, 15) is 80.2 Å². The minimum atomic E-state index is -4.39. The summed E-state index contributed by atoms with van der Waals surface area (Å²) in [6.07, 6.45) is -21.8. The molecule has 0 radical (unpaired) electrons. The van der Waals surface area contributed by atoms with Gasteiger partial charge in [0.15, 0.2) is 17.5 Å². The first-order valence-corrected chi connectivity index (χ1v) is 37.6. The molecule has 0 aliphatic heterocycles. The molecular formula is C86H71BBrF15N14O9. The quantitative estimate of drug-likeness (QED) is 0.0156. The molecule has 23 nitrogen and oxygen atoms in total. The van der Waals surface area contributed by atoms with E-state index in [-0.39, 0.29) is 47.4 Å². The van der Waals surface area contributed by atoms with Gasteiger partial charge in [0.05, 0.1) is 54.7 Å². The number of hydrogen-bond acceptors (Lipinski definition) is 19. The monoisotopic (exact) mass is 1820 g/mol. The van der Waals surface area contributed by atoms with Crippen LogP contribution in [0, 0.1) is 0 Å². The van der Waals surface area contributed by atoms with E-state index in [0.717, 1.165) is 122 Å². The van der Waals surface area contributed by atoms with Crippen LogP contribution in [0.1, 0.15) is 78.7 Å². The molecule has 40 heteroatoms. The Labute approximate surface area is 715 Å². The molecule has 0 fully saturated rings. The number of esters is 2. The lowest BCUT2D eigenvalue weighted by atomic mass is 9.80. The van der Waals surface area contributed by atoms with Crippen molar-refractivity contribution >= 4 is 92.3 Å². The van der Waals surface area contributed by atoms with Crippen molar-refractivity contribution in [2.75, 3.05) is 47.7 Å². The van der Waals surface area contributed by atoms with E-state index in [0.29, 0.717) is 51.8 Å². The Bertz CT molecular complexity index is 5800. The molecule has 14 aromatic rings. The van der Waals surface area contributed by atoms with Crippen molar-refractivity contribution in [3.63, 3.8) is 0 Å². The van der Waals surface area contributed by atoms with Crippen molar-refractivity contribution in [1.29, 1.82) is 0 Å². The number of rotatable bonds is 19. The van der Waals surface area contributed by atoms with Crippen LogP contribution in [0.25, 0.3) is 44.5 Å². The fraction of sp³-hybridized carbons (Fsp3) is 0.128. The molecule has 0 atom stereocenters. The predicted molar refractivity (Wildman–Crippen MR) is 445 cm³/mol. The number of benzene rings is 11. The Hall–Kier alpha value is -14.5. The molecule has 126 heavy (non-hydrogen) atoms. The Morgan fingerprint density at radius 1 is 0.405 bits per heavy atom. The van der Waals surface area contributed by atoms with Gasteiger partial charge in [0.25, 0.3) is 0 Å². The lowest BCUT2D eigenvalue weighted by Gasteiger charge is -2.12. The number of halogens is 16. The third-order valence-corrected chi connectivity index (χ3v) is 17.9. The first-order chi connectivity index (χ1) is 59.7. The molecule has 0 saturated heterocycles. The maximum atomic E-state index is 12.8. The highest BCUT2D eigenvalue weighted by Gasteiger charge is 2.34. The number of aromatic nitrogens is 9. The maximum absolute atomic E-state index is 12.8. The van der Waals surface area contributed by atoms with Gasteiger partial charge >= 0.3 is 55.9 Å². The van der Waals surface area contributed by atoms with Crippen molar-refractivity contribution in [2.45, 2.75) is 51.3 Å². The van der Waals surface area contributed by atoms with Gasteiger partial charge in [-0.25, -0.2) is 19.1 Å². The van der Waals surface area contributed by atoms with Gasteiger partial charge in [-0.1, -0.05) is 155 Å². The molecule has 0 aliphatic carbocycles. The number of alkyl halides is 15. The third kappa shape index (κ3) is 28.0. The highest BCUT2D eigenvalue weighted by molar-refractivity contribution is 9.10. The standard InChI is InChI=1S/C26H23F3N4O3.C18H15F3N4O2.C16H11F3N4O2.C13H10F3N.C7H6BF3O2.C6H6BrN/c1-3-36-25(34)23-24(33(32-31-23)16-17-4-14-22(35-2)15-5-17)30-21-12-8-19(9-13-21)18-6-10-20(11-7-18)26(27,28)29;1-2-27-17(26)15-16(24-25-23-15)22-14-9-5-12(6-10-14)11-3-7-13(8-4-11)18(19,20)21;17-16(18,19)11-5-1-9(2-6-11)10-3-7-12(8-4-10)20-14-13(15(24)25)21-23-22-14;14-13(15,16)11-5-1-9(2-6-11)10-3-7-12(17)8-4-10;9-7(10,11)5-1-3-6(4-2-5)8(12)13;7-5-1-3-6(8)4-2-5/h4-15,30H,3,16H2,1-2H3;3-10H,2H2,1H3,(H2,22,23,24,25);1-8H,(H,24,25)(H2,20,21,22,23);1-8H,17H2;1-4,12-13H;1-4H,8H2. The zero-order valence-electron chi connectivity index (χ0n) is 65.7. The van der Waals surface area contributed by atoms with Crippen LogP contribution in [0.5, 0.6) is 5.75 Å². The Kier molecular flexibility index (Phi) is 32.5. The zero-order valence-corrected chi connectivity index (χ0v) is 67.3. The predicted octanol–water partition coefficient (Wildman–Crippen LogP) is 20.7. The summed E-state index contributed by atoms with van der Waals surface area (Å²) in [5.41, 5.74) is 17.1. The Morgan fingerprint density at radius 2 is 0.698 bits per heavy atom. The number of nitrogens with two attached hydrogens (primary N) is 2. The number of H-pyrrole nitrogens is 2. The number of aromatic carboxylic acids is 1. The number of nitrogens with one attached hydrogen (secondary N) is 5. The average molecular weight is 1820 g/mol. The molecule has 12 N–H and O–H groups in total. The molecule has 0 saturated carbocycles. The topological polar surface area (TPSA) is 342 Å². The third-order valence-electron chi connectivity index (χ3n) is 17.4. The average Bonchev–Trinajstić information content (AvgIpc) is 1.66. The molecule has 11 aromatic carbocycles. The first-order valence-electron chi connectivity index (χ1n) is 36.8. The van der Waals surface area contributed by atoms with E-state index < -0.39 is 83.7 Å². The molecule has 0 aliphatic rings. The van der Waals surface area contributed by atoms with Crippen LogP contribution in [0.15, 0.2) is 271 Å². The molecule has 3 heterocycles. The van der Waals surface area contributed by atoms with E-state index in [1.807, 2.05) is 48.5 Å². The summed E-state index contributed by atoms with van der Waals surface area (Å²) < 4.78 is 205. The summed E-state index contributed by atoms with van der Waals surface area (Å²) in [6, 6.07) is 66.0. The number of aromatic amines is 2. The van der Waals surface area contributed by atoms with E-state index in [1.54, 1.807) is 123 Å². The molecule has 0 unspecified atom stereocenters. The van der Waals surface area contributed by atoms with Crippen molar-refractivity contribution in [1.82, 2.24) is 45.8 Å². The SMILES string of the molecule is CCOC(=O)c1n[nH]nc1Nc1ccc(-c2ccc(C(F)(F)F)cc2)cc1.CCOC(=O)c1nnn(Cc2ccc(OC)cc2)c1Nc1ccc(-c2ccc(C(F)(F)F)cc2)cc1.Nc1ccc(-c2ccc(C(F)(F)F)cc2)cc1.Nc1ccc(Br)cc1.O=C(O)c1n[nH]nc1Nc1ccc(-c2ccc(C(F)(F)F)cc2)cc1.OB(O)c1ccc(C(F)(F)F)cc1. The van der Waals surface area contributed by atoms with Crippen LogP contribution >= 0.6 is 15.9 Å². The van der Waals surface area contributed by atoms with Gasteiger partial charge in [-0.2, -0.15) is 76.3 Å². The minimum absolute atomic E-state index is 0.0312. The summed E-state index contributed by atoms with van der Waals surface area (Å²) in [7, 11) is -0.148. The van der Waals surface area contributed by atoms with Crippen molar-refractivity contribution in [2.24, 2.45) is 0 Å². The van der Waals surface area contributed by atoms with Crippen LogP contribution in [0.2, 0.25) is 0 Å². The van der Waals surface area contributed by atoms with Crippen molar-refractivity contribution in [3.8, 4) is 50.3 Å². The normalized spacial score (nSPS) is 11.2. The Balaban J connectivity index is 0.000000180. The van der Waals surface area contributed by atoms with Crippen molar-refractivity contribution < 1.29 is 110 Å². The molecule has 0 spiro atoms. The fourth-order valence-corrected chi connectivity index (χ4v) is 11.2. The summed E-state index contributed by atoms with van der Waals surface area (Å²) in [5.74, 6) is -1.08. The fourth-order valence-electron chi connectivity index (χ4n) is 11.0. The number of carboxylic acids is 1. The number of anilines is 8. The summed E-state index contributed by atoms with van der Waals surface area (Å²) in [5, 5.41) is 62.6. The molecule has 0 amide bonds. The van der Waals surface area contributed by atoms with E-state index in [4.69, 9.17) is 40.8 Å². The van der Waals surface area contributed by atoms with Gasteiger partial charge < -0.3 is 56.8 Å². The molecule has 0 bridgehead atoms. The number of carbonyl (C=O) groups excluding carboxylic acids is 2. The van der Waals surface area contributed by atoms with Crippen LogP contribution in [0.4, 0.5) is 112 Å². The van der Waals surface area contributed by atoms with Gasteiger partial charge in [-0.15, -0.1) is 25.5 Å². The zero-order chi connectivity index (χ0) is 91.7. The van der Waals surface area contributed by atoms with E-state index >= 15 is 0 Å². The number of carbonyl (C=O) groups is 3. The summed E-state index contributed by atoms with van der Waals surface area (Å²) in [6.45, 7) is 4.12. The van der Waals surface area contributed by atoms with Gasteiger partial charge in [0.1, 0.15) is 5.75 Å². The Morgan fingerprint density at radius 3 is 1.01 bits per heavy atom. The molecular weight excluding hydrogens is 1750 g/mol. The van der Waals surface area contributed by atoms with Crippen LogP contribution < -0.4 is 37.6 Å². The highest BCUT2D eigenvalue weighted by atomic mass is 79.9. The second-order valence-electron chi connectivity index (χ2n) is 26.2. The number of nitrogen functional groups attached to an aromatic ring is 2. The lowest BCUT2D eigenvalue weighted by Crippen LogP contribution is -2.29. The minimum Gasteiger partial charge on any atom is -0.497 e. The summed E-state index contributed by atoms with van der Waals surface area (Å²) in [4.78, 5) is 35.2. The molecule has 3 aromatic heterocycles. The van der Waals surface area contributed by atoms with Gasteiger partial charge in [0.2, 0.25) is 17.1 Å². The number of carboxylic acid groups (broad SMARTS) is 1. The molecule has 14 rings (SSSR count). The highest BCUT2D eigenvalue weighted by Crippen LogP contribution is 2.37. The van der Waals surface area contributed by atoms with E-state index in [1.165, 1.54) is 48.5 Å². The van der Waals surface area contributed by atoms with Crippen LogP contribution in [0.3, 0.4) is 0 Å². The van der Waals surface area contributed by atoms with Gasteiger partial charge in [0, 0.05) is 32.9 Å². The second-order valence-corrected chi connectivity index (χ2v) is 27.1. The smallest absolute Gasteiger partial charge is 0.488 e. The molecule has 654 valence electrons. The van der Waals surface area contributed by atoms with Crippen molar-refractivity contribution in [3.05, 3.63) is 322 Å². The van der Waals surface area contributed by atoms with Crippen LogP contribution in [-0.2, 0) is 46.9 Å². The second kappa shape index (κ2) is 43.0. The number of nitrogens with zero attached hydrogens (tertiary/aromatic N) is 7.